The van der Waals surface area contributed by atoms with E-state index in [-0.39, 0.29) is 18.2 Å². The molecule has 0 bridgehead atoms. The van der Waals surface area contributed by atoms with Crippen molar-refractivity contribution < 1.29 is 17.9 Å². The lowest BCUT2D eigenvalue weighted by Crippen LogP contribution is -2.14. The number of hydrogen-bond acceptors (Lipinski definition) is 2. The van der Waals surface area contributed by atoms with Gasteiger partial charge in [-0.25, -0.2) is 13.2 Å². The molecule has 112 valence electrons. The molecule has 1 atom stereocenters. The molecule has 1 unspecified atom stereocenters. The third kappa shape index (κ3) is 3.55. The smallest absolute Gasteiger partial charge is 0.165 e. The lowest BCUT2D eigenvalue weighted by molar-refractivity contribution is 0.290. The molecule has 0 aliphatic heterocycles. The van der Waals surface area contributed by atoms with Crippen molar-refractivity contribution in [3.05, 3.63) is 65.0 Å². The summed E-state index contributed by atoms with van der Waals surface area (Å²) in [6.07, 6.45) is 0. The van der Waals surface area contributed by atoms with E-state index in [1.165, 1.54) is 24.3 Å². The van der Waals surface area contributed by atoms with E-state index in [9.17, 15) is 13.2 Å². The van der Waals surface area contributed by atoms with Gasteiger partial charge in [0, 0.05) is 23.2 Å². The van der Waals surface area contributed by atoms with Gasteiger partial charge in [-0.3, -0.25) is 0 Å². The van der Waals surface area contributed by atoms with Crippen LogP contribution in [0.2, 0.25) is 0 Å². The summed E-state index contributed by atoms with van der Waals surface area (Å²) in [5.74, 6) is -2.02. The van der Waals surface area contributed by atoms with Gasteiger partial charge in [0.2, 0.25) is 0 Å². The van der Waals surface area contributed by atoms with Gasteiger partial charge < -0.3 is 10.1 Å². The van der Waals surface area contributed by atoms with Crippen molar-refractivity contribution in [1.29, 1.82) is 0 Å². The molecule has 2 rings (SSSR count). The topological polar surface area (TPSA) is 21.3 Å². The van der Waals surface area contributed by atoms with Crippen LogP contribution < -0.4 is 10.1 Å². The summed E-state index contributed by atoms with van der Waals surface area (Å²) in [4.78, 5) is 0. The number of ether oxygens (including phenoxy) is 1. The first-order chi connectivity index (χ1) is 10.0. The van der Waals surface area contributed by atoms with Gasteiger partial charge in [-0.1, -0.05) is 18.2 Å². The molecule has 0 saturated carbocycles. The zero-order chi connectivity index (χ0) is 15.4. The Kier molecular flexibility index (Phi) is 4.85. The Morgan fingerprint density at radius 2 is 1.90 bits per heavy atom. The average Bonchev–Trinajstić information content (AvgIpc) is 2.48. The van der Waals surface area contributed by atoms with Gasteiger partial charge in [0.05, 0.1) is 0 Å². The summed E-state index contributed by atoms with van der Waals surface area (Å²) < 4.78 is 45.5. The van der Waals surface area contributed by atoms with E-state index in [4.69, 9.17) is 4.74 Å². The summed E-state index contributed by atoms with van der Waals surface area (Å²) in [6, 6.07) is 7.99. The minimum atomic E-state index is -0.947. The van der Waals surface area contributed by atoms with Gasteiger partial charge in [-0.15, -0.1) is 0 Å². The van der Waals surface area contributed by atoms with E-state index in [1.807, 2.05) is 6.92 Å². The standard InChI is InChI=1S/C16H16F3NO/c1-10(20-2)13-7-6-12(17)8-15(13)21-9-11-4-3-5-14(18)16(11)19/h3-8,10,20H,9H2,1-2H3. The largest absolute Gasteiger partial charge is 0.488 e. The first kappa shape index (κ1) is 15.4. The highest BCUT2D eigenvalue weighted by Gasteiger charge is 2.13. The van der Waals surface area contributed by atoms with E-state index in [0.717, 1.165) is 11.6 Å². The summed E-state index contributed by atoms with van der Waals surface area (Å²) in [6.45, 7) is 1.72. The third-order valence-electron chi connectivity index (χ3n) is 3.29. The van der Waals surface area contributed by atoms with Crippen molar-refractivity contribution >= 4 is 0 Å². The van der Waals surface area contributed by atoms with Crippen LogP contribution in [-0.4, -0.2) is 7.05 Å². The Morgan fingerprint density at radius 1 is 1.14 bits per heavy atom. The van der Waals surface area contributed by atoms with Gasteiger partial charge in [0.1, 0.15) is 18.2 Å². The normalized spacial score (nSPS) is 12.2. The highest BCUT2D eigenvalue weighted by Crippen LogP contribution is 2.27. The van der Waals surface area contributed by atoms with Crippen LogP contribution in [0.1, 0.15) is 24.1 Å². The van der Waals surface area contributed by atoms with Gasteiger partial charge in [0.25, 0.3) is 0 Å². The maximum atomic E-state index is 13.6. The molecule has 0 spiro atoms. The molecule has 0 saturated heterocycles. The van der Waals surface area contributed by atoms with Crippen LogP contribution in [0.4, 0.5) is 13.2 Å². The van der Waals surface area contributed by atoms with Gasteiger partial charge >= 0.3 is 0 Å². The highest BCUT2D eigenvalue weighted by molar-refractivity contribution is 5.36. The quantitative estimate of drug-likeness (QED) is 0.901. The first-order valence-corrected chi connectivity index (χ1v) is 6.55. The fraction of sp³-hybridized carbons (Fsp3) is 0.250. The first-order valence-electron chi connectivity index (χ1n) is 6.55. The number of hydrogen-bond donors (Lipinski definition) is 1. The summed E-state index contributed by atoms with van der Waals surface area (Å²) in [5.41, 5.74) is 0.832. The van der Waals surface area contributed by atoms with Crippen molar-refractivity contribution in [1.82, 2.24) is 5.32 Å². The van der Waals surface area contributed by atoms with Crippen LogP contribution in [0.5, 0.6) is 5.75 Å². The van der Waals surface area contributed by atoms with Crippen molar-refractivity contribution in [2.75, 3.05) is 7.05 Å². The van der Waals surface area contributed by atoms with Crippen molar-refractivity contribution in [2.45, 2.75) is 19.6 Å². The summed E-state index contributed by atoms with van der Waals surface area (Å²) >= 11 is 0. The van der Waals surface area contributed by atoms with Crippen LogP contribution in [-0.2, 0) is 6.61 Å². The highest BCUT2D eigenvalue weighted by atomic mass is 19.2. The van der Waals surface area contributed by atoms with Crippen molar-refractivity contribution in [3.8, 4) is 5.75 Å². The van der Waals surface area contributed by atoms with E-state index in [1.54, 1.807) is 13.1 Å². The van der Waals surface area contributed by atoms with Crippen LogP contribution in [0.25, 0.3) is 0 Å². The minimum Gasteiger partial charge on any atom is -0.488 e. The maximum absolute atomic E-state index is 13.6. The number of rotatable bonds is 5. The minimum absolute atomic E-state index is 0.0574. The van der Waals surface area contributed by atoms with Crippen molar-refractivity contribution in [3.63, 3.8) is 0 Å². The molecule has 0 aliphatic rings. The Balaban J connectivity index is 2.23. The van der Waals surface area contributed by atoms with Crippen LogP contribution in [0.3, 0.4) is 0 Å². The molecule has 0 amide bonds. The third-order valence-corrected chi connectivity index (χ3v) is 3.29. The van der Waals surface area contributed by atoms with E-state index in [2.05, 4.69) is 5.32 Å². The molecule has 0 radical (unpaired) electrons. The zero-order valence-corrected chi connectivity index (χ0v) is 11.8. The fourth-order valence-corrected chi connectivity index (χ4v) is 1.96. The molecule has 0 aliphatic carbocycles. The average molecular weight is 295 g/mol. The molecule has 2 aromatic carbocycles. The molecular formula is C16H16F3NO. The molecule has 0 fully saturated rings. The molecule has 2 nitrogen and oxygen atoms in total. The molecule has 21 heavy (non-hydrogen) atoms. The van der Waals surface area contributed by atoms with Gasteiger partial charge in [0.15, 0.2) is 11.6 Å². The van der Waals surface area contributed by atoms with Crippen LogP contribution >= 0.6 is 0 Å². The van der Waals surface area contributed by atoms with Gasteiger partial charge in [-0.2, -0.15) is 0 Å². The lowest BCUT2D eigenvalue weighted by Gasteiger charge is -2.17. The van der Waals surface area contributed by atoms with E-state index in [0.29, 0.717) is 5.75 Å². The SMILES string of the molecule is CNC(C)c1ccc(F)cc1OCc1cccc(F)c1F. The molecular weight excluding hydrogens is 279 g/mol. The Labute approximate surface area is 121 Å². The molecule has 0 aromatic heterocycles. The summed E-state index contributed by atoms with van der Waals surface area (Å²) in [5, 5.41) is 3.02. The Hall–Kier alpha value is -2.01. The van der Waals surface area contributed by atoms with E-state index < -0.39 is 17.5 Å². The molecule has 1 N–H and O–H groups in total. The van der Waals surface area contributed by atoms with Crippen LogP contribution in [0, 0.1) is 17.5 Å². The second kappa shape index (κ2) is 6.63. The number of benzene rings is 2. The summed E-state index contributed by atoms with van der Waals surface area (Å²) in [7, 11) is 1.77. The predicted octanol–water partition coefficient (Wildman–Crippen LogP) is 3.96. The lowest BCUT2D eigenvalue weighted by atomic mass is 10.1. The predicted molar refractivity (Wildman–Crippen MR) is 74.6 cm³/mol. The second-order valence-electron chi connectivity index (χ2n) is 4.69. The Morgan fingerprint density at radius 3 is 2.62 bits per heavy atom. The monoisotopic (exact) mass is 295 g/mol. The maximum Gasteiger partial charge on any atom is 0.165 e. The second-order valence-corrected chi connectivity index (χ2v) is 4.69. The van der Waals surface area contributed by atoms with Crippen LogP contribution in [0.15, 0.2) is 36.4 Å². The molecule has 0 heterocycles. The Bertz CT molecular complexity index is 631. The van der Waals surface area contributed by atoms with Gasteiger partial charge in [-0.05, 0) is 26.1 Å². The van der Waals surface area contributed by atoms with E-state index >= 15 is 0 Å². The number of nitrogens with one attached hydrogen (secondary N) is 1. The number of halogens is 3. The molecule has 2 aromatic rings. The van der Waals surface area contributed by atoms with Crippen molar-refractivity contribution in [2.24, 2.45) is 0 Å². The zero-order valence-electron chi connectivity index (χ0n) is 11.8. The molecule has 5 heteroatoms. The fourth-order valence-electron chi connectivity index (χ4n) is 1.96.